The molecule has 7 nitrogen and oxygen atoms in total. The number of likely N-dealkylation sites (N-methyl/N-ethyl adjacent to an activating group) is 1. The number of methoxy groups -OCH3 is 1. The maximum atomic E-state index is 12.0. The van der Waals surface area contributed by atoms with Crippen LogP contribution in [0.5, 0.6) is 0 Å². The molecular formula is C15H21N5O2. The second kappa shape index (κ2) is 7.04. The fourth-order valence-electron chi connectivity index (χ4n) is 2.17. The van der Waals surface area contributed by atoms with E-state index in [2.05, 4.69) is 20.1 Å². The van der Waals surface area contributed by atoms with E-state index in [0.717, 1.165) is 17.9 Å². The van der Waals surface area contributed by atoms with Gasteiger partial charge in [0.1, 0.15) is 0 Å². The molecule has 2 heterocycles. The lowest BCUT2D eigenvalue weighted by Gasteiger charge is -2.27. The lowest BCUT2D eigenvalue weighted by atomic mass is 10.2. The number of esters is 1. The zero-order valence-corrected chi connectivity index (χ0v) is 13.3. The lowest BCUT2D eigenvalue weighted by Crippen LogP contribution is -2.29. The van der Waals surface area contributed by atoms with Gasteiger partial charge in [-0.05, 0) is 27.1 Å². The highest BCUT2D eigenvalue weighted by atomic mass is 16.5. The molecule has 22 heavy (non-hydrogen) atoms. The largest absolute Gasteiger partial charge is 0.465 e. The van der Waals surface area contributed by atoms with Crippen molar-refractivity contribution in [3.63, 3.8) is 0 Å². The predicted molar refractivity (Wildman–Crippen MR) is 84.5 cm³/mol. The Balaban J connectivity index is 2.45. The van der Waals surface area contributed by atoms with Gasteiger partial charge in [0.2, 0.25) is 0 Å². The second-order valence-electron chi connectivity index (χ2n) is 5.22. The molecule has 2 rings (SSSR count). The molecule has 2 aromatic rings. The predicted octanol–water partition coefficient (Wildman–Crippen LogP) is 1.60. The van der Waals surface area contributed by atoms with E-state index in [9.17, 15) is 4.79 Å². The fraction of sp³-hybridized carbons (Fsp3) is 0.400. The van der Waals surface area contributed by atoms with E-state index in [1.165, 1.54) is 7.11 Å². The Labute approximate surface area is 129 Å². The number of carbonyl (C=O) groups is 1. The molecule has 7 heteroatoms. The molecule has 0 bridgehead atoms. The van der Waals surface area contributed by atoms with Gasteiger partial charge in [0.05, 0.1) is 42.1 Å². The number of carbonyl (C=O) groups excluding carboxylic acids is 1. The van der Waals surface area contributed by atoms with Gasteiger partial charge in [-0.1, -0.05) is 0 Å². The number of rotatable bonds is 6. The van der Waals surface area contributed by atoms with Crippen molar-refractivity contribution in [3.8, 4) is 0 Å². The fourth-order valence-corrected chi connectivity index (χ4v) is 2.17. The zero-order valence-electron chi connectivity index (χ0n) is 13.3. The third kappa shape index (κ3) is 3.43. The van der Waals surface area contributed by atoms with Crippen molar-refractivity contribution in [1.29, 1.82) is 0 Å². The number of pyridine rings is 1. The molecule has 0 aromatic carbocycles. The highest BCUT2D eigenvalue weighted by molar-refractivity contribution is 5.96. The minimum Gasteiger partial charge on any atom is -0.465 e. The molecule has 0 amide bonds. The van der Waals surface area contributed by atoms with Crippen molar-refractivity contribution in [2.45, 2.75) is 6.92 Å². The number of aromatic amines is 1. The van der Waals surface area contributed by atoms with E-state index in [-0.39, 0.29) is 5.97 Å². The van der Waals surface area contributed by atoms with Crippen LogP contribution in [0.1, 0.15) is 16.1 Å². The SMILES string of the molecule is COC(=O)c1ccncc1N(CCN(C)C)c1cn[nH]c1C. The van der Waals surface area contributed by atoms with Gasteiger partial charge in [-0.2, -0.15) is 5.10 Å². The van der Waals surface area contributed by atoms with Crippen LogP contribution in [0.3, 0.4) is 0 Å². The van der Waals surface area contributed by atoms with Gasteiger partial charge in [-0.15, -0.1) is 0 Å². The molecule has 0 fully saturated rings. The number of hydrogen-bond acceptors (Lipinski definition) is 6. The Morgan fingerprint density at radius 3 is 2.64 bits per heavy atom. The summed E-state index contributed by atoms with van der Waals surface area (Å²) in [5.41, 5.74) is 3.04. The Kier molecular flexibility index (Phi) is 5.11. The molecule has 0 unspecified atom stereocenters. The van der Waals surface area contributed by atoms with Gasteiger partial charge in [-0.25, -0.2) is 4.79 Å². The van der Waals surface area contributed by atoms with Gasteiger partial charge >= 0.3 is 5.97 Å². The van der Waals surface area contributed by atoms with Crippen molar-refractivity contribution in [1.82, 2.24) is 20.1 Å². The summed E-state index contributed by atoms with van der Waals surface area (Å²) >= 11 is 0. The maximum absolute atomic E-state index is 12.0. The van der Waals surface area contributed by atoms with E-state index in [1.54, 1.807) is 24.7 Å². The number of aryl methyl sites for hydroxylation is 1. The average Bonchev–Trinajstić information content (AvgIpc) is 2.93. The van der Waals surface area contributed by atoms with Gasteiger partial charge in [0.15, 0.2) is 0 Å². The first-order valence-electron chi connectivity index (χ1n) is 6.99. The van der Waals surface area contributed by atoms with E-state index in [0.29, 0.717) is 17.8 Å². The summed E-state index contributed by atoms with van der Waals surface area (Å²) in [5.74, 6) is -0.381. The Morgan fingerprint density at radius 1 is 1.27 bits per heavy atom. The normalized spacial score (nSPS) is 10.8. The first-order valence-corrected chi connectivity index (χ1v) is 6.99. The average molecular weight is 303 g/mol. The number of aromatic nitrogens is 3. The number of ether oxygens (including phenoxy) is 1. The van der Waals surface area contributed by atoms with Crippen molar-refractivity contribution < 1.29 is 9.53 Å². The van der Waals surface area contributed by atoms with E-state index in [4.69, 9.17) is 4.74 Å². The monoisotopic (exact) mass is 303 g/mol. The van der Waals surface area contributed by atoms with Gasteiger partial charge in [-0.3, -0.25) is 10.1 Å². The third-order valence-corrected chi connectivity index (χ3v) is 3.36. The summed E-state index contributed by atoms with van der Waals surface area (Å²) in [4.78, 5) is 20.3. The molecule has 2 aromatic heterocycles. The molecule has 0 spiro atoms. The third-order valence-electron chi connectivity index (χ3n) is 3.36. The van der Waals surface area contributed by atoms with Crippen molar-refractivity contribution in [2.75, 3.05) is 39.2 Å². The summed E-state index contributed by atoms with van der Waals surface area (Å²) < 4.78 is 4.87. The molecule has 118 valence electrons. The number of H-pyrrole nitrogens is 1. The van der Waals surface area contributed by atoms with E-state index in [1.807, 2.05) is 25.9 Å². The van der Waals surface area contributed by atoms with Crippen molar-refractivity contribution >= 4 is 17.3 Å². The molecule has 0 aliphatic carbocycles. The Hall–Kier alpha value is -2.41. The molecule has 0 aliphatic heterocycles. The highest BCUT2D eigenvalue weighted by Crippen LogP contribution is 2.29. The topological polar surface area (TPSA) is 74.3 Å². The molecule has 0 aliphatic rings. The minimum absolute atomic E-state index is 0.381. The maximum Gasteiger partial charge on any atom is 0.340 e. The van der Waals surface area contributed by atoms with Gasteiger partial charge < -0.3 is 14.5 Å². The molecule has 0 saturated carbocycles. The number of nitrogens with one attached hydrogen (secondary N) is 1. The van der Waals surface area contributed by atoms with Crippen LogP contribution in [-0.4, -0.2) is 60.3 Å². The van der Waals surface area contributed by atoms with Crippen LogP contribution in [0, 0.1) is 6.92 Å². The highest BCUT2D eigenvalue weighted by Gasteiger charge is 2.20. The van der Waals surface area contributed by atoms with Crippen molar-refractivity contribution in [3.05, 3.63) is 35.9 Å². The summed E-state index contributed by atoms with van der Waals surface area (Å²) in [7, 11) is 5.38. The Bertz CT molecular complexity index is 638. The second-order valence-corrected chi connectivity index (χ2v) is 5.22. The number of hydrogen-bond donors (Lipinski definition) is 1. The van der Waals surface area contributed by atoms with Crippen LogP contribution in [0.2, 0.25) is 0 Å². The van der Waals surface area contributed by atoms with E-state index < -0.39 is 0 Å². The van der Waals surface area contributed by atoms with Crippen LogP contribution < -0.4 is 4.90 Å². The minimum atomic E-state index is -0.381. The summed E-state index contributed by atoms with van der Waals surface area (Å²) in [6, 6.07) is 1.67. The summed E-state index contributed by atoms with van der Waals surface area (Å²) in [6.07, 6.45) is 5.01. The summed E-state index contributed by atoms with van der Waals surface area (Å²) in [5, 5.41) is 7.00. The Morgan fingerprint density at radius 2 is 2.05 bits per heavy atom. The van der Waals surface area contributed by atoms with Crippen LogP contribution in [-0.2, 0) is 4.74 Å². The van der Waals surface area contributed by atoms with Crippen LogP contribution in [0.15, 0.2) is 24.7 Å². The number of nitrogens with zero attached hydrogens (tertiary/aromatic N) is 4. The molecule has 0 saturated heterocycles. The number of anilines is 2. The first-order chi connectivity index (χ1) is 10.5. The standard InChI is InChI=1S/C15H21N5O2/c1-11-13(10-17-18-11)20(8-7-19(2)3)14-9-16-6-5-12(14)15(21)22-4/h5-6,9-10H,7-8H2,1-4H3,(H,17,18). The van der Waals surface area contributed by atoms with Crippen LogP contribution in [0.4, 0.5) is 11.4 Å². The molecule has 0 atom stereocenters. The van der Waals surface area contributed by atoms with Gasteiger partial charge in [0.25, 0.3) is 0 Å². The smallest absolute Gasteiger partial charge is 0.340 e. The quantitative estimate of drug-likeness (QED) is 0.817. The molecule has 0 radical (unpaired) electrons. The van der Waals surface area contributed by atoms with Crippen LogP contribution >= 0.6 is 0 Å². The zero-order chi connectivity index (χ0) is 16.1. The first kappa shape index (κ1) is 16.0. The van der Waals surface area contributed by atoms with E-state index >= 15 is 0 Å². The van der Waals surface area contributed by atoms with Crippen LogP contribution in [0.25, 0.3) is 0 Å². The summed E-state index contributed by atoms with van der Waals surface area (Å²) in [6.45, 7) is 3.46. The molecule has 1 N–H and O–H groups in total. The molecular weight excluding hydrogens is 282 g/mol. The lowest BCUT2D eigenvalue weighted by molar-refractivity contribution is 0.0601. The van der Waals surface area contributed by atoms with Crippen molar-refractivity contribution in [2.24, 2.45) is 0 Å². The van der Waals surface area contributed by atoms with Gasteiger partial charge in [0, 0.05) is 19.3 Å².